The van der Waals surface area contributed by atoms with E-state index in [1.807, 2.05) is 73.7 Å². The van der Waals surface area contributed by atoms with Crippen molar-refractivity contribution in [2.24, 2.45) is 5.92 Å². The van der Waals surface area contributed by atoms with E-state index in [0.717, 1.165) is 37.4 Å². The number of carbonyl (C=O) groups is 1. The maximum Gasteiger partial charge on any atom is 0.251 e. The minimum atomic E-state index is -0.543. The van der Waals surface area contributed by atoms with E-state index in [0.29, 0.717) is 12.1 Å². The second-order valence-corrected chi connectivity index (χ2v) is 12.0. The highest BCUT2D eigenvalue weighted by molar-refractivity contribution is 8.01. The molecule has 1 fully saturated rings. The van der Waals surface area contributed by atoms with Gasteiger partial charge in [-0.1, -0.05) is 96.8 Å². The van der Waals surface area contributed by atoms with Crippen LogP contribution in [0.25, 0.3) is 0 Å². The van der Waals surface area contributed by atoms with Crippen molar-refractivity contribution < 1.29 is 19.4 Å². The molecule has 0 spiro atoms. The highest BCUT2D eigenvalue weighted by Crippen LogP contribution is 2.43. The summed E-state index contributed by atoms with van der Waals surface area (Å²) in [5.41, 5.74) is 4.46. The van der Waals surface area contributed by atoms with Crippen molar-refractivity contribution in [1.29, 1.82) is 0 Å². The zero-order valence-electron chi connectivity index (χ0n) is 21.8. The molecule has 1 aliphatic rings. The first-order chi connectivity index (χ1) is 19.0. The van der Waals surface area contributed by atoms with E-state index in [4.69, 9.17) is 9.47 Å². The average Bonchev–Trinajstić information content (AvgIpc) is 3.41. The maximum atomic E-state index is 12.4. The van der Waals surface area contributed by atoms with Crippen LogP contribution in [0.5, 0.6) is 0 Å². The summed E-state index contributed by atoms with van der Waals surface area (Å²) in [6.07, 6.45) is -0.799. The Balaban J connectivity index is 1.30. The van der Waals surface area contributed by atoms with Crippen molar-refractivity contribution >= 4 is 29.0 Å². The zero-order valence-corrected chi connectivity index (χ0v) is 23.5. The lowest BCUT2D eigenvalue weighted by atomic mass is 9.91. The topological polar surface area (TPSA) is 93.6 Å². The summed E-state index contributed by atoms with van der Waals surface area (Å²) in [7, 11) is 0. The number of ether oxygens (including phenoxy) is 2. The Kier molecular flexibility index (Phi) is 9.06. The third kappa shape index (κ3) is 6.93. The highest BCUT2D eigenvalue weighted by Gasteiger charge is 2.38. The molecule has 202 valence electrons. The third-order valence-corrected chi connectivity index (χ3v) is 8.80. The van der Waals surface area contributed by atoms with Gasteiger partial charge in [0.15, 0.2) is 10.6 Å². The molecule has 3 aromatic carbocycles. The van der Waals surface area contributed by atoms with Crippen LogP contribution in [0, 0.1) is 12.8 Å². The van der Waals surface area contributed by atoms with Crippen molar-refractivity contribution in [3.63, 3.8) is 0 Å². The fourth-order valence-electron chi connectivity index (χ4n) is 4.47. The second-order valence-electron chi connectivity index (χ2n) is 9.51. The molecule has 39 heavy (non-hydrogen) atoms. The van der Waals surface area contributed by atoms with Gasteiger partial charge >= 0.3 is 0 Å². The predicted molar refractivity (Wildman–Crippen MR) is 152 cm³/mol. The lowest BCUT2D eigenvalue weighted by Gasteiger charge is -2.41. The van der Waals surface area contributed by atoms with Crippen LogP contribution in [0.3, 0.4) is 0 Å². The quantitative estimate of drug-likeness (QED) is 0.248. The largest absolute Gasteiger partial charge is 0.392 e. The molecule has 2 N–H and O–H groups in total. The van der Waals surface area contributed by atoms with Gasteiger partial charge in [-0.3, -0.25) is 4.79 Å². The molecule has 4 aromatic rings. The fourth-order valence-corrected chi connectivity index (χ4v) is 6.47. The summed E-state index contributed by atoms with van der Waals surface area (Å²) in [5, 5.41) is 21.8. The number of nitrogens with one attached hydrogen (secondary N) is 1. The lowest BCUT2D eigenvalue weighted by molar-refractivity contribution is -0.268. The van der Waals surface area contributed by atoms with E-state index in [-0.39, 0.29) is 30.6 Å². The van der Waals surface area contributed by atoms with Gasteiger partial charge in [0.1, 0.15) is 5.01 Å². The Morgan fingerprint density at radius 3 is 2.31 bits per heavy atom. The van der Waals surface area contributed by atoms with Crippen molar-refractivity contribution in [3.05, 3.63) is 112 Å². The minimum absolute atomic E-state index is 0.00573. The molecule has 7 nitrogen and oxygen atoms in total. The van der Waals surface area contributed by atoms with E-state index in [9.17, 15) is 9.90 Å². The lowest BCUT2D eigenvalue weighted by Crippen LogP contribution is -2.38. The van der Waals surface area contributed by atoms with Crippen LogP contribution in [0.2, 0.25) is 0 Å². The number of aliphatic hydroxyl groups excluding tert-OH is 1. The Hall–Kier alpha value is -3.08. The smallest absolute Gasteiger partial charge is 0.251 e. The number of carbonyl (C=O) groups excluding carboxylic acids is 1. The molecule has 5 rings (SSSR count). The molecule has 1 saturated heterocycles. The van der Waals surface area contributed by atoms with Gasteiger partial charge < -0.3 is 19.9 Å². The van der Waals surface area contributed by atoms with Crippen LogP contribution in [0.4, 0.5) is 0 Å². The summed E-state index contributed by atoms with van der Waals surface area (Å²) in [6.45, 7) is 4.54. The molecule has 2 heterocycles. The number of amides is 1. The number of nitrogens with zero attached hydrogens (tertiary/aromatic N) is 2. The van der Waals surface area contributed by atoms with Gasteiger partial charge in [0.05, 0.1) is 18.8 Å². The van der Waals surface area contributed by atoms with Crippen LogP contribution in [-0.2, 0) is 22.6 Å². The minimum Gasteiger partial charge on any atom is -0.392 e. The van der Waals surface area contributed by atoms with E-state index < -0.39 is 6.29 Å². The normalized spacial score (nSPS) is 21.0. The maximum absolute atomic E-state index is 12.4. The molecule has 0 saturated carbocycles. The number of aliphatic hydroxyl groups is 1. The SMILES string of the molecule is Cc1nnc(SC[C@@H]2O[C@H](c3ccc(CNC(=O)c4ccccc4)cc3)O[C@H](c3ccc(CO)cc3)[C@@H]2C)s1. The van der Waals surface area contributed by atoms with Gasteiger partial charge in [-0.2, -0.15) is 0 Å². The number of aryl methyl sites for hydroxylation is 1. The van der Waals surface area contributed by atoms with E-state index in [2.05, 4.69) is 22.4 Å². The van der Waals surface area contributed by atoms with Gasteiger partial charge in [-0.05, 0) is 35.7 Å². The van der Waals surface area contributed by atoms with Gasteiger partial charge in [0, 0.05) is 29.3 Å². The molecule has 0 unspecified atom stereocenters. The number of rotatable bonds is 9. The van der Waals surface area contributed by atoms with Crippen LogP contribution in [-0.4, -0.2) is 33.1 Å². The number of hydrogen-bond acceptors (Lipinski definition) is 8. The van der Waals surface area contributed by atoms with Crippen LogP contribution in [0.1, 0.15) is 56.9 Å². The first kappa shape index (κ1) is 27.5. The molecule has 0 radical (unpaired) electrons. The number of benzene rings is 3. The Labute approximate surface area is 236 Å². The van der Waals surface area contributed by atoms with Gasteiger partial charge in [-0.25, -0.2) is 0 Å². The first-order valence-electron chi connectivity index (χ1n) is 12.9. The average molecular weight is 562 g/mol. The molecular weight excluding hydrogens is 530 g/mol. The summed E-state index contributed by atoms with van der Waals surface area (Å²) < 4.78 is 14.0. The molecular formula is C30H31N3O4S2. The number of hydrogen-bond donors (Lipinski definition) is 2. The fraction of sp³-hybridized carbons (Fsp3) is 0.300. The van der Waals surface area contributed by atoms with E-state index in [1.54, 1.807) is 35.2 Å². The van der Waals surface area contributed by atoms with Crippen LogP contribution >= 0.6 is 23.1 Å². The van der Waals surface area contributed by atoms with Crippen molar-refractivity contribution in [2.45, 2.75) is 49.8 Å². The summed E-state index contributed by atoms with van der Waals surface area (Å²) in [4.78, 5) is 12.4. The molecule has 1 aromatic heterocycles. The van der Waals surface area contributed by atoms with Crippen LogP contribution in [0.15, 0.2) is 83.2 Å². The Morgan fingerprint density at radius 1 is 0.949 bits per heavy atom. The monoisotopic (exact) mass is 561 g/mol. The summed E-state index contributed by atoms with van der Waals surface area (Å²) in [6, 6.07) is 25.1. The van der Waals surface area contributed by atoms with E-state index >= 15 is 0 Å². The molecule has 0 aliphatic carbocycles. The van der Waals surface area contributed by atoms with Crippen molar-refractivity contribution in [2.75, 3.05) is 5.75 Å². The van der Waals surface area contributed by atoms with Crippen molar-refractivity contribution in [1.82, 2.24) is 15.5 Å². The third-order valence-electron chi connectivity index (χ3n) is 6.74. The molecule has 0 bridgehead atoms. The molecule has 4 atom stereocenters. The Bertz CT molecular complexity index is 1360. The zero-order chi connectivity index (χ0) is 27.2. The van der Waals surface area contributed by atoms with Crippen LogP contribution < -0.4 is 5.32 Å². The predicted octanol–water partition coefficient (Wildman–Crippen LogP) is 5.85. The summed E-state index contributed by atoms with van der Waals surface area (Å²) >= 11 is 3.24. The summed E-state index contributed by atoms with van der Waals surface area (Å²) in [5.74, 6) is 0.716. The van der Waals surface area contributed by atoms with Gasteiger partial charge in [-0.15, -0.1) is 10.2 Å². The van der Waals surface area contributed by atoms with E-state index in [1.165, 1.54) is 0 Å². The number of aromatic nitrogens is 2. The number of thioether (sulfide) groups is 1. The molecule has 9 heteroatoms. The molecule has 1 amide bonds. The standard InChI is InChI=1S/C30H31N3O4S2/c1-19-26(18-38-30-33-32-20(2)39-30)36-29(37-27(19)23-12-10-22(17-34)11-13-23)25-14-8-21(9-15-25)16-31-28(35)24-6-4-3-5-7-24/h3-15,19,26-27,29,34H,16-18H2,1-2H3,(H,31,35)/t19-,26+,27+,29+/m1/s1. The second kappa shape index (κ2) is 12.8. The molecule has 1 aliphatic heterocycles. The first-order valence-corrected chi connectivity index (χ1v) is 14.7. The van der Waals surface area contributed by atoms with Gasteiger partial charge in [0.2, 0.25) is 0 Å². The highest BCUT2D eigenvalue weighted by atomic mass is 32.2. The van der Waals surface area contributed by atoms with Crippen molar-refractivity contribution in [3.8, 4) is 0 Å². The van der Waals surface area contributed by atoms with Gasteiger partial charge in [0.25, 0.3) is 5.91 Å². The Morgan fingerprint density at radius 2 is 1.64 bits per heavy atom.